The number of amides is 1. The molecule has 2 aromatic heterocycles. The Labute approximate surface area is 167 Å². The third-order valence-corrected chi connectivity index (χ3v) is 4.70. The number of aryl methyl sites for hydroxylation is 2. The number of carbonyl (C=O) groups is 2. The molecule has 29 heavy (non-hydrogen) atoms. The number of ether oxygens (including phenoxy) is 1. The lowest BCUT2D eigenvalue weighted by atomic mass is 10.1. The highest BCUT2D eigenvalue weighted by Gasteiger charge is 2.14. The highest BCUT2D eigenvalue weighted by atomic mass is 16.5. The van der Waals surface area contributed by atoms with Gasteiger partial charge in [-0.25, -0.2) is 9.78 Å². The number of carbonyl (C=O) groups excluding carboxylic acids is 2. The lowest BCUT2D eigenvalue weighted by Crippen LogP contribution is -2.21. The zero-order valence-electron chi connectivity index (χ0n) is 16.2. The van der Waals surface area contributed by atoms with Gasteiger partial charge in [-0.15, -0.1) is 0 Å². The molecule has 146 valence electrons. The van der Waals surface area contributed by atoms with Crippen LogP contribution in [0.4, 0.5) is 5.69 Å². The molecule has 0 bridgehead atoms. The number of rotatable bonds is 5. The van der Waals surface area contributed by atoms with E-state index in [0.29, 0.717) is 11.4 Å². The maximum atomic E-state index is 12.2. The molecule has 1 N–H and O–H groups in total. The Hall–Kier alpha value is -3.74. The van der Waals surface area contributed by atoms with Gasteiger partial charge in [0.1, 0.15) is 0 Å². The minimum atomic E-state index is -0.686. The number of hydrogen-bond acceptors (Lipinski definition) is 5. The van der Waals surface area contributed by atoms with Crippen molar-refractivity contribution in [1.29, 1.82) is 0 Å². The van der Waals surface area contributed by atoms with Gasteiger partial charge in [-0.05, 0) is 38.1 Å². The van der Waals surface area contributed by atoms with Crippen LogP contribution >= 0.6 is 0 Å². The molecular formula is C22H20N4O3. The number of anilines is 1. The van der Waals surface area contributed by atoms with Crippen molar-refractivity contribution in [2.75, 3.05) is 11.9 Å². The first-order valence-electron chi connectivity index (χ1n) is 9.33. The van der Waals surface area contributed by atoms with E-state index < -0.39 is 18.5 Å². The topological polar surface area (TPSA) is 86.1 Å². The molecular weight excluding hydrogens is 368 g/mol. The van der Waals surface area contributed by atoms with Crippen molar-refractivity contribution in [2.45, 2.75) is 20.4 Å². The van der Waals surface area contributed by atoms with Crippen LogP contribution < -0.4 is 5.32 Å². The van der Waals surface area contributed by atoms with E-state index in [1.807, 2.05) is 30.3 Å². The van der Waals surface area contributed by atoms with Crippen LogP contribution in [0.5, 0.6) is 0 Å². The van der Waals surface area contributed by atoms with Crippen molar-refractivity contribution >= 4 is 39.4 Å². The molecule has 4 aromatic rings. The Bertz CT molecular complexity index is 1210. The average Bonchev–Trinajstić information content (AvgIpc) is 3.05. The Morgan fingerprint density at radius 3 is 2.59 bits per heavy atom. The largest absolute Gasteiger partial charge is 0.451 e. The molecule has 0 aliphatic heterocycles. The quantitative estimate of drug-likeness (QED) is 0.527. The second-order valence-corrected chi connectivity index (χ2v) is 6.66. The molecule has 0 atom stereocenters. The molecule has 2 heterocycles. The summed E-state index contributed by atoms with van der Waals surface area (Å²) in [6, 6.07) is 13.9. The van der Waals surface area contributed by atoms with Crippen molar-refractivity contribution in [1.82, 2.24) is 14.5 Å². The predicted molar refractivity (Wildman–Crippen MR) is 111 cm³/mol. The Balaban J connectivity index is 1.49. The van der Waals surface area contributed by atoms with Gasteiger partial charge in [0.05, 0.1) is 11.9 Å². The molecule has 0 unspecified atom stereocenters. The van der Waals surface area contributed by atoms with Gasteiger partial charge < -0.3 is 14.6 Å². The average molecular weight is 388 g/mol. The van der Waals surface area contributed by atoms with Crippen LogP contribution in [0.1, 0.15) is 23.1 Å². The number of nitrogens with zero attached hydrogens (tertiary/aromatic N) is 3. The molecule has 0 spiro atoms. The van der Waals surface area contributed by atoms with Gasteiger partial charge in [-0.3, -0.25) is 9.78 Å². The number of esters is 1. The molecule has 4 rings (SSSR count). The summed E-state index contributed by atoms with van der Waals surface area (Å²) in [5.41, 5.74) is 3.67. The summed E-state index contributed by atoms with van der Waals surface area (Å²) in [6.07, 6.45) is 2.80. The monoisotopic (exact) mass is 388 g/mol. The van der Waals surface area contributed by atoms with Crippen LogP contribution in [0.3, 0.4) is 0 Å². The van der Waals surface area contributed by atoms with E-state index in [-0.39, 0.29) is 5.69 Å². The van der Waals surface area contributed by atoms with Crippen molar-refractivity contribution in [2.24, 2.45) is 0 Å². The van der Waals surface area contributed by atoms with Gasteiger partial charge >= 0.3 is 5.97 Å². The van der Waals surface area contributed by atoms with Gasteiger partial charge in [0.15, 0.2) is 12.3 Å². The van der Waals surface area contributed by atoms with Crippen molar-refractivity contribution in [3.63, 3.8) is 0 Å². The minimum Gasteiger partial charge on any atom is -0.451 e. The van der Waals surface area contributed by atoms with Gasteiger partial charge in [0.2, 0.25) is 0 Å². The van der Waals surface area contributed by atoms with Gasteiger partial charge in [0, 0.05) is 40.2 Å². The molecule has 1 amide bonds. The second-order valence-electron chi connectivity index (χ2n) is 6.66. The van der Waals surface area contributed by atoms with Crippen LogP contribution in [0.2, 0.25) is 0 Å². The van der Waals surface area contributed by atoms with Gasteiger partial charge in [-0.1, -0.05) is 18.2 Å². The first kappa shape index (κ1) is 18.6. The number of fused-ring (bicyclic) bond motifs is 3. The summed E-state index contributed by atoms with van der Waals surface area (Å²) in [5.74, 6) is -1.11. The molecule has 0 aliphatic rings. The minimum absolute atomic E-state index is 0.0668. The Morgan fingerprint density at radius 2 is 1.83 bits per heavy atom. The zero-order chi connectivity index (χ0) is 20.4. The first-order chi connectivity index (χ1) is 14.1. The zero-order valence-corrected chi connectivity index (χ0v) is 16.2. The molecule has 0 fully saturated rings. The maximum absolute atomic E-state index is 12.2. The Kier molecular flexibility index (Phi) is 4.95. The SMILES string of the molecule is CCn1c2ccccc2c2cc(NC(=O)COC(=O)c3cnc(C)cn3)ccc21. The third kappa shape index (κ3) is 3.67. The maximum Gasteiger partial charge on any atom is 0.359 e. The van der Waals surface area contributed by atoms with Crippen LogP contribution in [0.15, 0.2) is 54.9 Å². The standard InChI is InChI=1S/C22H20N4O3/c1-3-26-19-7-5-4-6-16(19)17-10-15(8-9-20(17)26)25-21(27)13-29-22(28)18-12-23-14(2)11-24-18/h4-12H,3,13H2,1-2H3,(H,25,27). The number of para-hydroxylation sites is 1. The van der Waals surface area contributed by atoms with E-state index in [9.17, 15) is 9.59 Å². The smallest absolute Gasteiger partial charge is 0.359 e. The van der Waals surface area contributed by atoms with E-state index in [1.165, 1.54) is 12.4 Å². The highest BCUT2D eigenvalue weighted by molar-refractivity contribution is 6.09. The van der Waals surface area contributed by atoms with Crippen molar-refractivity contribution < 1.29 is 14.3 Å². The third-order valence-electron chi connectivity index (χ3n) is 4.70. The normalized spacial score (nSPS) is 11.0. The van der Waals surface area contributed by atoms with Crippen LogP contribution in [-0.4, -0.2) is 33.0 Å². The molecule has 0 radical (unpaired) electrons. The second kappa shape index (κ2) is 7.71. The number of aromatic nitrogens is 3. The van der Waals surface area contributed by atoms with E-state index in [2.05, 4.69) is 38.9 Å². The van der Waals surface area contributed by atoms with Gasteiger partial charge in [0.25, 0.3) is 5.91 Å². The molecule has 2 aromatic carbocycles. The lowest BCUT2D eigenvalue weighted by molar-refractivity contribution is -0.119. The molecule has 0 aliphatic carbocycles. The van der Waals surface area contributed by atoms with E-state index in [4.69, 9.17) is 4.74 Å². The predicted octanol–water partition coefficient (Wildman–Crippen LogP) is 3.71. The molecule has 7 nitrogen and oxygen atoms in total. The fourth-order valence-electron chi connectivity index (χ4n) is 3.37. The Morgan fingerprint density at radius 1 is 1.03 bits per heavy atom. The fraction of sp³-hybridized carbons (Fsp3) is 0.182. The highest BCUT2D eigenvalue weighted by Crippen LogP contribution is 2.30. The molecule has 7 heteroatoms. The van der Waals surface area contributed by atoms with Crippen molar-refractivity contribution in [3.8, 4) is 0 Å². The summed E-state index contributed by atoms with van der Waals surface area (Å²) < 4.78 is 7.26. The number of benzene rings is 2. The summed E-state index contributed by atoms with van der Waals surface area (Å²) in [6.45, 7) is 4.33. The summed E-state index contributed by atoms with van der Waals surface area (Å²) >= 11 is 0. The number of nitrogens with one attached hydrogen (secondary N) is 1. The molecule has 0 saturated heterocycles. The molecule has 0 saturated carbocycles. The summed E-state index contributed by atoms with van der Waals surface area (Å²) in [5, 5.41) is 4.97. The van der Waals surface area contributed by atoms with Crippen LogP contribution in [0.25, 0.3) is 21.8 Å². The first-order valence-corrected chi connectivity index (χ1v) is 9.33. The van der Waals surface area contributed by atoms with E-state index in [1.54, 1.807) is 6.92 Å². The number of hydrogen-bond donors (Lipinski definition) is 1. The van der Waals surface area contributed by atoms with Crippen LogP contribution in [0, 0.1) is 6.92 Å². The fourth-order valence-corrected chi connectivity index (χ4v) is 3.37. The van der Waals surface area contributed by atoms with E-state index >= 15 is 0 Å². The summed E-state index contributed by atoms with van der Waals surface area (Å²) in [4.78, 5) is 32.1. The van der Waals surface area contributed by atoms with Crippen molar-refractivity contribution in [3.05, 3.63) is 66.2 Å². The van der Waals surface area contributed by atoms with Gasteiger partial charge in [-0.2, -0.15) is 0 Å². The van der Waals surface area contributed by atoms with Crippen LogP contribution in [-0.2, 0) is 16.1 Å². The lowest BCUT2D eigenvalue weighted by Gasteiger charge is -2.07. The summed E-state index contributed by atoms with van der Waals surface area (Å²) in [7, 11) is 0. The van der Waals surface area contributed by atoms with E-state index in [0.717, 1.165) is 28.4 Å².